The summed E-state index contributed by atoms with van der Waals surface area (Å²) < 4.78 is 10.9. The van der Waals surface area contributed by atoms with Crippen LogP contribution >= 0.6 is 11.8 Å². The first-order chi connectivity index (χ1) is 17.2. The fourth-order valence-corrected chi connectivity index (χ4v) is 4.60. The third-order valence-corrected chi connectivity index (χ3v) is 6.88. The molecule has 0 fully saturated rings. The minimum atomic E-state index is -1.05. The van der Waals surface area contributed by atoms with Crippen LogP contribution in [0, 0.1) is 0 Å². The van der Waals surface area contributed by atoms with E-state index in [1.165, 1.54) is 17.8 Å². The van der Waals surface area contributed by atoms with E-state index in [0.717, 1.165) is 32.1 Å². The molecule has 0 aliphatic carbocycles. The average molecular weight is 520 g/mol. The Bertz CT molecular complexity index is 1030. The van der Waals surface area contributed by atoms with Crippen molar-refractivity contribution in [1.29, 1.82) is 0 Å². The quantitative estimate of drug-likeness (QED) is 0.114. The van der Waals surface area contributed by atoms with E-state index < -0.39 is 17.2 Å². The van der Waals surface area contributed by atoms with E-state index in [1.54, 1.807) is 26.0 Å². The molecule has 0 radical (unpaired) electrons. The highest BCUT2D eigenvalue weighted by molar-refractivity contribution is 8.16. The first kappa shape index (κ1) is 29.4. The topological polar surface area (TPSA) is 120 Å². The lowest BCUT2D eigenvalue weighted by molar-refractivity contribution is -0.143. The molecular formula is C26H37N3O6S. The molecule has 0 aromatic carbocycles. The number of thioether (sulfide) groups is 1. The predicted molar refractivity (Wildman–Crippen MR) is 143 cm³/mol. The van der Waals surface area contributed by atoms with E-state index in [1.807, 2.05) is 6.92 Å². The number of aliphatic imine (C=N–C) groups is 1. The Hall–Kier alpha value is -2.88. The Morgan fingerprint density at radius 2 is 2.08 bits per heavy atom. The van der Waals surface area contributed by atoms with Gasteiger partial charge in [-0.15, -0.1) is 11.8 Å². The second-order valence-electron chi connectivity index (χ2n) is 8.86. The molecule has 2 atom stereocenters. The lowest BCUT2D eigenvalue weighted by Gasteiger charge is -2.24. The van der Waals surface area contributed by atoms with Crippen molar-refractivity contribution in [2.24, 2.45) is 10.1 Å². The normalized spacial score (nSPS) is 18.3. The van der Waals surface area contributed by atoms with Crippen molar-refractivity contribution in [3.8, 4) is 5.75 Å². The summed E-state index contributed by atoms with van der Waals surface area (Å²) in [6.07, 6.45) is 7.16. The van der Waals surface area contributed by atoms with Crippen molar-refractivity contribution in [1.82, 2.24) is 5.32 Å². The van der Waals surface area contributed by atoms with Gasteiger partial charge in [0.25, 0.3) is 0 Å². The third kappa shape index (κ3) is 8.96. The Morgan fingerprint density at radius 1 is 1.31 bits per heavy atom. The molecule has 36 heavy (non-hydrogen) atoms. The molecule has 2 heterocycles. The number of carbonyl (C=O) groups excluding carboxylic acids is 2. The van der Waals surface area contributed by atoms with Crippen LogP contribution in [0.4, 0.5) is 0 Å². The fourth-order valence-electron chi connectivity index (χ4n) is 3.47. The van der Waals surface area contributed by atoms with Crippen LogP contribution in [0.5, 0.6) is 5.75 Å². The lowest BCUT2D eigenvalue weighted by Crippen LogP contribution is -2.45. The van der Waals surface area contributed by atoms with Crippen LogP contribution in [0.25, 0.3) is 0 Å². The maximum atomic E-state index is 13.3. The Morgan fingerprint density at radius 3 is 2.78 bits per heavy atom. The SMILES string of the molecule is C=CCOc1cc([C@@H](CCC)NC(=O)C2(C)CSC(/C(C)=N/OC(=O)CCCCCC)=N2)oc(=O)c1. The first-order valence-corrected chi connectivity index (χ1v) is 13.4. The largest absolute Gasteiger partial charge is 0.489 e. The molecule has 1 unspecified atom stereocenters. The van der Waals surface area contributed by atoms with Crippen LogP contribution in [-0.2, 0) is 14.4 Å². The molecule has 0 bridgehead atoms. The van der Waals surface area contributed by atoms with Gasteiger partial charge in [0, 0.05) is 18.2 Å². The molecule has 1 amide bonds. The molecule has 10 heteroatoms. The van der Waals surface area contributed by atoms with Crippen LogP contribution in [0.2, 0.25) is 0 Å². The second kappa shape index (κ2) is 14.6. The van der Waals surface area contributed by atoms with Crippen molar-refractivity contribution >= 4 is 34.4 Å². The molecule has 9 nitrogen and oxygen atoms in total. The summed E-state index contributed by atoms with van der Waals surface area (Å²) in [7, 11) is 0. The number of amides is 1. The van der Waals surface area contributed by atoms with Crippen LogP contribution in [-0.4, -0.2) is 40.5 Å². The summed E-state index contributed by atoms with van der Waals surface area (Å²) in [6, 6.07) is 2.34. The molecule has 0 saturated heterocycles. The zero-order chi connectivity index (χ0) is 26.6. The predicted octanol–water partition coefficient (Wildman–Crippen LogP) is 4.96. The van der Waals surface area contributed by atoms with Crippen molar-refractivity contribution < 1.29 is 23.6 Å². The summed E-state index contributed by atoms with van der Waals surface area (Å²) in [4.78, 5) is 46.8. The van der Waals surface area contributed by atoms with E-state index in [-0.39, 0.29) is 18.5 Å². The molecule has 2 rings (SSSR count). The standard InChI is InChI=1S/C26H37N3O6S/c1-6-9-10-11-13-22(30)35-29-18(4)24-28-26(5,17-36-24)25(32)27-20(12-7-2)21-15-19(33-14-8-3)16-23(31)34-21/h8,15-16,20H,3,6-7,9-14,17H2,1-2,4-5H3,(H,27,32)/b29-18+/t20-,26?/m1/s1. The van der Waals surface area contributed by atoms with Gasteiger partial charge in [-0.2, -0.15) is 0 Å². The van der Waals surface area contributed by atoms with Crippen molar-refractivity contribution in [3.63, 3.8) is 0 Å². The molecule has 1 aromatic heterocycles. The van der Waals surface area contributed by atoms with Gasteiger partial charge in [-0.25, -0.2) is 9.59 Å². The summed E-state index contributed by atoms with van der Waals surface area (Å²) in [5.74, 6) is 0.393. The number of oxime groups is 1. The zero-order valence-corrected chi connectivity index (χ0v) is 22.4. The maximum Gasteiger partial charge on any atom is 0.339 e. The number of hydrogen-bond donors (Lipinski definition) is 1. The highest BCUT2D eigenvalue weighted by atomic mass is 32.2. The minimum Gasteiger partial charge on any atom is -0.489 e. The molecule has 1 aliphatic rings. The maximum absolute atomic E-state index is 13.3. The third-order valence-electron chi connectivity index (χ3n) is 5.51. The fraction of sp³-hybridized carbons (Fsp3) is 0.577. The van der Waals surface area contributed by atoms with Crippen LogP contribution in [0.1, 0.15) is 84.4 Å². The summed E-state index contributed by atoms with van der Waals surface area (Å²) in [6.45, 7) is 11.4. The Kier molecular flexibility index (Phi) is 11.9. The Labute approximate surface area is 216 Å². The Balaban J connectivity index is 2.08. The van der Waals surface area contributed by atoms with E-state index >= 15 is 0 Å². The van der Waals surface area contributed by atoms with E-state index in [0.29, 0.717) is 40.9 Å². The molecular weight excluding hydrogens is 482 g/mol. The number of nitrogens with one attached hydrogen (secondary N) is 1. The van der Waals surface area contributed by atoms with Crippen LogP contribution in [0.15, 0.2) is 44.1 Å². The highest BCUT2D eigenvalue weighted by Gasteiger charge is 2.40. The number of rotatable bonds is 15. The van der Waals surface area contributed by atoms with Gasteiger partial charge in [0.1, 0.15) is 34.4 Å². The summed E-state index contributed by atoms with van der Waals surface area (Å²) >= 11 is 1.38. The van der Waals surface area contributed by atoms with E-state index in [2.05, 4.69) is 29.0 Å². The van der Waals surface area contributed by atoms with Crippen molar-refractivity contribution in [2.45, 2.75) is 84.2 Å². The summed E-state index contributed by atoms with van der Waals surface area (Å²) in [5.41, 5.74) is -1.16. The smallest absolute Gasteiger partial charge is 0.339 e. The van der Waals surface area contributed by atoms with Gasteiger partial charge in [-0.1, -0.05) is 57.3 Å². The molecule has 1 N–H and O–H groups in total. The van der Waals surface area contributed by atoms with Crippen LogP contribution in [0.3, 0.4) is 0 Å². The number of carbonyl (C=O) groups is 2. The second-order valence-corrected chi connectivity index (χ2v) is 9.82. The highest BCUT2D eigenvalue weighted by Crippen LogP contribution is 2.30. The molecule has 1 aromatic rings. The summed E-state index contributed by atoms with van der Waals surface area (Å²) in [5, 5.41) is 7.45. The number of hydrogen-bond acceptors (Lipinski definition) is 9. The number of ether oxygens (including phenoxy) is 1. The first-order valence-electron chi connectivity index (χ1n) is 12.4. The molecule has 0 spiro atoms. The average Bonchev–Trinajstić information content (AvgIpc) is 3.26. The van der Waals surface area contributed by atoms with E-state index in [4.69, 9.17) is 14.0 Å². The number of nitrogens with zero attached hydrogens (tertiary/aromatic N) is 2. The van der Waals surface area contributed by atoms with Gasteiger partial charge in [-0.3, -0.25) is 9.79 Å². The van der Waals surface area contributed by atoms with Gasteiger partial charge >= 0.3 is 11.6 Å². The monoisotopic (exact) mass is 519 g/mol. The van der Waals surface area contributed by atoms with Gasteiger partial charge in [0.2, 0.25) is 5.91 Å². The van der Waals surface area contributed by atoms with Crippen LogP contribution < -0.4 is 15.7 Å². The lowest BCUT2D eigenvalue weighted by atomic mass is 10.0. The van der Waals surface area contributed by atoms with Crippen molar-refractivity contribution in [2.75, 3.05) is 12.4 Å². The molecule has 0 saturated carbocycles. The van der Waals surface area contributed by atoms with Gasteiger partial charge in [0.05, 0.1) is 12.1 Å². The van der Waals surface area contributed by atoms with Gasteiger partial charge in [0.15, 0.2) is 0 Å². The van der Waals surface area contributed by atoms with Crippen molar-refractivity contribution in [3.05, 3.63) is 41.0 Å². The zero-order valence-electron chi connectivity index (χ0n) is 21.6. The molecule has 1 aliphatic heterocycles. The van der Waals surface area contributed by atoms with Gasteiger partial charge in [-0.05, 0) is 26.7 Å². The minimum absolute atomic E-state index is 0.246. The molecule has 198 valence electrons. The van der Waals surface area contributed by atoms with E-state index in [9.17, 15) is 14.4 Å². The van der Waals surface area contributed by atoms with Gasteiger partial charge < -0.3 is 19.3 Å². The number of unbranched alkanes of at least 4 members (excludes halogenated alkanes) is 3.